The molecule has 2 rings (SSSR count). The normalized spacial score (nSPS) is 10.2. The third-order valence-electron chi connectivity index (χ3n) is 3.02. The number of benzene rings is 2. The van der Waals surface area contributed by atoms with Gasteiger partial charge in [0.25, 0.3) is 0 Å². The van der Waals surface area contributed by atoms with Gasteiger partial charge in [-0.05, 0) is 67.7 Å². The minimum atomic E-state index is 0.0523. The number of hydrogen-bond acceptors (Lipinski definition) is 3. The van der Waals surface area contributed by atoms with Gasteiger partial charge in [-0.2, -0.15) is 0 Å². The van der Waals surface area contributed by atoms with Gasteiger partial charge in [0.2, 0.25) is 0 Å². The Balaban J connectivity index is 1.70. The van der Waals surface area contributed by atoms with E-state index in [9.17, 15) is 4.79 Å². The second-order valence-corrected chi connectivity index (χ2v) is 6.83. The van der Waals surface area contributed by atoms with Gasteiger partial charge >= 0.3 is 0 Å². The van der Waals surface area contributed by atoms with Crippen LogP contribution < -0.4 is 10.6 Å². The Hall–Kier alpha value is -1.56. The van der Waals surface area contributed by atoms with E-state index in [2.05, 4.69) is 10.6 Å². The summed E-state index contributed by atoms with van der Waals surface area (Å²) in [5, 5.41) is 7.56. The summed E-state index contributed by atoms with van der Waals surface area (Å²) in [6.07, 6.45) is 0. The first kappa shape index (κ1) is 17.8. The zero-order valence-corrected chi connectivity index (χ0v) is 15.0. The fourth-order valence-corrected chi connectivity index (χ4v) is 2.94. The van der Waals surface area contributed by atoms with Crippen LogP contribution in [0.5, 0.6) is 0 Å². The summed E-state index contributed by atoms with van der Waals surface area (Å²) < 4.78 is 0. The van der Waals surface area contributed by atoms with Crippen LogP contribution in [0.25, 0.3) is 0 Å². The van der Waals surface area contributed by atoms with Crippen LogP contribution in [-0.4, -0.2) is 23.2 Å². The van der Waals surface area contributed by atoms with Crippen molar-refractivity contribution in [1.82, 2.24) is 5.32 Å². The lowest BCUT2D eigenvalue weighted by atomic mass is 10.1. The number of thiocarbonyl (C=S) groups is 1. The van der Waals surface area contributed by atoms with Crippen LogP contribution in [0.3, 0.4) is 0 Å². The maximum Gasteiger partial charge on any atom is 0.170 e. The molecule has 0 aromatic heterocycles. The second kappa shape index (κ2) is 8.91. The highest BCUT2D eigenvalue weighted by Gasteiger charge is 2.01. The van der Waals surface area contributed by atoms with Crippen LogP contribution in [0.1, 0.15) is 17.3 Å². The molecule has 0 fully saturated rings. The van der Waals surface area contributed by atoms with Gasteiger partial charge in [-0.25, -0.2) is 0 Å². The second-order valence-electron chi connectivity index (χ2n) is 4.82. The summed E-state index contributed by atoms with van der Waals surface area (Å²) in [5.41, 5.74) is 1.55. The Morgan fingerprint density at radius 2 is 1.78 bits per heavy atom. The molecule has 0 radical (unpaired) electrons. The summed E-state index contributed by atoms with van der Waals surface area (Å²) in [6, 6.07) is 15.0. The molecule has 2 aromatic carbocycles. The molecule has 23 heavy (non-hydrogen) atoms. The van der Waals surface area contributed by atoms with Crippen LogP contribution in [0.15, 0.2) is 53.4 Å². The van der Waals surface area contributed by atoms with E-state index in [1.807, 2.05) is 36.4 Å². The molecule has 0 atom stereocenters. The van der Waals surface area contributed by atoms with Crippen LogP contribution >= 0.6 is 35.6 Å². The summed E-state index contributed by atoms with van der Waals surface area (Å²) in [4.78, 5) is 12.4. The van der Waals surface area contributed by atoms with Crippen LogP contribution in [-0.2, 0) is 0 Å². The fraction of sp³-hybridized carbons (Fsp3) is 0.176. The van der Waals surface area contributed by atoms with E-state index in [4.69, 9.17) is 23.8 Å². The van der Waals surface area contributed by atoms with Gasteiger partial charge in [-0.1, -0.05) is 11.6 Å². The minimum absolute atomic E-state index is 0.0523. The zero-order chi connectivity index (χ0) is 16.7. The Bertz CT molecular complexity index is 672. The minimum Gasteiger partial charge on any atom is -0.362 e. The van der Waals surface area contributed by atoms with Crippen molar-refractivity contribution in [2.75, 3.05) is 17.6 Å². The van der Waals surface area contributed by atoms with Crippen molar-refractivity contribution < 1.29 is 4.79 Å². The van der Waals surface area contributed by atoms with Gasteiger partial charge in [-0.15, -0.1) is 11.8 Å². The first-order valence-electron chi connectivity index (χ1n) is 7.09. The number of carbonyl (C=O) groups is 1. The predicted octanol–water partition coefficient (Wildman–Crippen LogP) is 4.62. The number of carbonyl (C=O) groups excluding carboxylic acids is 1. The Labute approximate surface area is 150 Å². The van der Waals surface area contributed by atoms with Crippen molar-refractivity contribution in [2.24, 2.45) is 0 Å². The smallest absolute Gasteiger partial charge is 0.170 e. The van der Waals surface area contributed by atoms with Crippen molar-refractivity contribution in [3.63, 3.8) is 0 Å². The molecule has 0 aliphatic heterocycles. The van der Waals surface area contributed by atoms with Crippen molar-refractivity contribution in [2.45, 2.75) is 11.8 Å². The average molecular weight is 365 g/mol. The van der Waals surface area contributed by atoms with Gasteiger partial charge in [0, 0.05) is 33.5 Å². The molecular formula is C17H17ClN2OS2. The van der Waals surface area contributed by atoms with E-state index in [1.165, 1.54) is 4.90 Å². The highest BCUT2D eigenvalue weighted by Crippen LogP contribution is 2.19. The maximum atomic E-state index is 11.2. The lowest BCUT2D eigenvalue weighted by molar-refractivity contribution is 0.101. The highest BCUT2D eigenvalue weighted by atomic mass is 35.5. The standard InChI is InChI=1S/C17H17ClN2OS2/c1-12(21)13-2-6-15(7-3-13)20-17(22)19-10-11-23-16-8-4-14(18)5-9-16/h2-9H,10-11H2,1H3,(H2,19,20,22). The molecule has 2 aromatic rings. The zero-order valence-electron chi connectivity index (χ0n) is 12.6. The summed E-state index contributed by atoms with van der Waals surface area (Å²) in [5.74, 6) is 0.948. The number of halogens is 1. The molecule has 0 aliphatic rings. The topological polar surface area (TPSA) is 41.1 Å². The number of Topliss-reactive ketones (excluding diaryl/α,β-unsaturated/α-hetero) is 1. The lowest BCUT2D eigenvalue weighted by Gasteiger charge is -2.10. The molecule has 0 saturated carbocycles. The molecule has 2 N–H and O–H groups in total. The molecular weight excluding hydrogens is 348 g/mol. The number of nitrogens with one attached hydrogen (secondary N) is 2. The quantitative estimate of drug-likeness (QED) is 0.339. The van der Waals surface area contributed by atoms with Gasteiger partial charge in [0.1, 0.15) is 0 Å². The molecule has 0 saturated heterocycles. The number of thioether (sulfide) groups is 1. The largest absolute Gasteiger partial charge is 0.362 e. The van der Waals surface area contributed by atoms with E-state index in [0.29, 0.717) is 10.7 Å². The van der Waals surface area contributed by atoms with Gasteiger partial charge < -0.3 is 10.6 Å². The number of anilines is 1. The molecule has 3 nitrogen and oxygen atoms in total. The molecule has 120 valence electrons. The van der Waals surface area contributed by atoms with Crippen LogP contribution in [0.2, 0.25) is 5.02 Å². The van der Waals surface area contributed by atoms with E-state index >= 15 is 0 Å². The number of hydrogen-bond donors (Lipinski definition) is 2. The fourth-order valence-electron chi connectivity index (χ4n) is 1.83. The third kappa shape index (κ3) is 6.22. The van der Waals surface area contributed by atoms with Crippen molar-refractivity contribution >= 4 is 52.2 Å². The van der Waals surface area contributed by atoms with Crippen molar-refractivity contribution in [3.8, 4) is 0 Å². The predicted molar refractivity (Wildman–Crippen MR) is 103 cm³/mol. The Morgan fingerprint density at radius 3 is 2.39 bits per heavy atom. The molecule has 0 aliphatic carbocycles. The Kier molecular flexibility index (Phi) is 6.89. The molecule has 0 heterocycles. The molecule has 6 heteroatoms. The van der Waals surface area contributed by atoms with Crippen molar-refractivity contribution in [3.05, 3.63) is 59.1 Å². The van der Waals surface area contributed by atoms with Crippen LogP contribution in [0.4, 0.5) is 5.69 Å². The van der Waals surface area contributed by atoms with E-state index in [1.54, 1.807) is 30.8 Å². The molecule has 0 bridgehead atoms. The monoisotopic (exact) mass is 364 g/mol. The maximum absolute atomic E-state index is 11.2. The van der Waals surface area contributed by atoms with Crippen LogP contribution in [0, 0.1) is 0 Å². The number of rotatable bonds is 6. The summed E-state index contributed by atoms with van der Waals surface area (Å²) in [6.45, 7) is 2.30. The number of ketones is 1. The SMILES string of the molecule is CC(=O)c1ccc(NC(=S)NCCSc2ccc(Cl)cc2)cc1. The van der Waals surface area contributed by atoms with Gasteiger partial charge in [0.05, 0.1) is 0 Å². The van der Waals surface area contributed by atoms with Gasteiger partial charge in [-0.3, -0.25) is 4.79 Å². The first-order chi connectivity index (χ1) is 11.0. The van der Waals surface area contributed by atoms with E-state index in [-0.39, 0.29) is 5.78 Å². The highest BCUT2D eigenvalue weighted by molar-refractivity contribution is 7.99. The summed E-state index contributed by atoms with van der Waals surface area (Å²) in [7, 11) is 0. The lowest BCUT2D eigenvalue weighted by Crippen LogP contribution is -2.30. The average Bonchev–Trinajstić information content (AvgIpc) is 2.54. The van der Waals surface area contributed by atoms with Crippen molar-refractivity contribution in [1.29, 1.82) is 0 Å². The first-order valence-corrected chi connectivity index (χ1v) is 8.86. The molecule has 0 spiro atoms. The Morgan fingerprint density at radius 1 is 1.13 bits per heavy atom. The summed E-state index contributed by atoms with van der Waals surface area (Å²) >= 11 is 12.8. The van der Waals surface area contributed by atoms with E-state index < -0.39 is 0 Å². The third-order valence-corrected chi connectivity index (χ3v) is 4.53. The van der Waals surface area contributed by atoms with E-state index in [0.717, 1.165) is 23.0 Å². The molecule has 0 amide bonds. The molecule has 0 unspecified atom stereocenters. The van der Waals surface area contributed by atoms with Gasteiger partial charge in [0.15, 0.2) is 10.9 Å².